The maximum absolute atomic E-state index is 9.55. The van der Waals surface area contributed by atoms with Crippen LogP contribution in [0.4, 0.5) is 0 Å². The number of aromatic nitrogens is 2. The Hall–Kier alpha value is -3.06. The average Bonchev–Trinajstić information content (AvgIpc) is 2.55. The first kappa shape index (κ1) is 18.0. The van der Waals surface area contributed by atoms with Crippen molar-refractivity contribution >= 4 is 11.9 Å². The van der Waals surface area contributed by atoms with E-state index in [4.69, 9.17) is 15.9 Å². The van der Waals surface area contributed by atoms with Crippen LogP contribution in [0.25, 0.3) is 0 Å². The van der Waals surface area contributed by atoms with Crippen molar-refractivity contribution < 1.29 is 19.8 Å². The van der Waals surface area contributed by atoms with Crippen molar-refractivity contribution in [2.45, 2.75) is 12.5 Å². The Morgan fingerprint density at radius 3 is 2.17 bits per heavy atom. The van der Waals surface area contributed by atoms with Gasteiger partial charge in [-0.1, -0.05) is 30.3 Å². The van der Waals surface area contributed by atoms with Crippen LogP contribution >= 0.6 is 0 Å². The van der Waals surface area contributed by atoms with E-state index in [1.807, 2.05) is 30.3 Å². The first-order valence-electron chi connectivity index (χ1n) is 6.68. The van der Waals surface area contributed by atoms with Crippen molar-refractivity contribution in [1.29, 1.82) is 0 Å². The zero-order valence-electron chi connectivity index (χ0n) is 12.2. The molecule has 4 N–H and O–H groups in total. The molecule has 1 atom stereocenters. The molecule has 0 amide bonds. The molecule has 2 rings (SSSR count). The third-order valence-corrected chi connectivity index (χ3v) is 2.64. The van der Waals surface area contributed by atoms with Crippen molar-refractivity contribution in [2.75, 3.05) is 0 Å². The lowest BCUT2D eigenvalue weighted by atomic mass is 10.0. The Kier molecular flexibility index (Phi) is 7.67. The normalized spacial score (nSPS) is 11.3. The van der Waals surface area contributed by atoms with Gasteiger partial charge in [0.2, 0.25) is 0 Å². The molecule has 23 heavy (non-hydrogen) atoms. The smallest absolute Gasteiger partial charge is 0.328 e. The number of hydrogen-bond donors (Lipinski definition) is 3. The highest BCUT2D eigenvalue weighted by molar-refractivity contribution is 5.89. The van der Waals surface area contributed by atoms with E-state index in [1.165, 1.54) is 0 Å². The fourth-order valence-corrected chi connectivity index (χ4v) is 1.62. The number of carboxylic acids is 2. The molecule has 7 nitrogen and oxygen atoms in total. The standard InChI is InChI=1S/C12H13N3.C4H4O4/c13-12(10-4-2-1-3-5-10)8-11-9-14-6-7-15-11;5-3(6)1-2-4(7)8/h1-7,9,12H,8,13H2;1-2H,(H,5,6)(H,7,8). The summed E-state index contributed by atoms with van der Waals surface area (Å²) in [6.45, 7) is 0. The molecule has 2 aromatic rings. The summed E-state index contributed by atoms with van der Waals surface area (Å²) in [7, 11) is 0. The second kappa shape index (κ2) is 9.80. The topological polar surface area (TPSA) is 126 Å². The summed E-state index contributed by atoms with van der Waals surface area (Å²) in [5.74, 6) is -2.51. The van der Waals surface area contributed by atoms with Crippen LogP contribution in [-0.4, -0.2) is 32.1 Å². The van der Waals surface area contributed by atoms with Gasteiger partial charge in [-0.3, -0.25) is 9.97 Å². The zero-order chi connectivity index (χ0) is 17.1. The van der Waals surface area contributed by atoms with Crippen LogP contribution in [-0.2, 0) is 16.0 Å². The quantitative estimate of drug-likeness (QED) is 0.712. The average molecular weight is 315 g/mol. The molecule has 0 aliphatic carbocycles. The van der Waals surface area contributed by atoms with Crippen LogP contribution in [0.15, 0.2) is 61.1 Å². The summed E-state index contributed by atoms with van der Waals surface area (Å²) in [4.78, 5) is 27.3. The fourth-order valence-electron chi connectivity index (χ4n) is 1.62. The van der Waals surface area contributed by atoms with Gasteiger partial charge >= 0.3 is 11.9 Å². The molecule has 0 fully saturated rings. The van der Waals surface area contributed by atoms with Gasteiger partial charge in [-0.2, -0.15) is 0 Å². The van der Waals surface area contributed by atoms with Crippen LogP contribution in [0.1, 0.15) is 17.3 Å². The van der Waals surface area contributed by atoms with Gasteiger partial charge in [0.1, 0.15) is 0 Å². The number of rotatable bonds is 5. The minimum atomic E-state index is -1.26. The van der Waals surface area contributed by atoms with E-state index in [-0.39, 0.29) is 6.04 Å². The highest BCUT2D eigenvalue weighted by atomic mass is 16.4. The number of carbonyl (C=O) groups is 2. The van der Waals surface area contributed by atoms with Crippen LogP contribution in [0.5, 0.6) is 0 Å². The summed E-state index contributed by atoms with van der Waals surface area (Å²) in [6, 6.07) is 10.0. The Bertz CT molecular complexity index is 629. The SMILES string of the molecule is NC(Cc1cnccn1)c1ccccc1.O=C(O)C=CC(=O)O. The number of carboxylic acid groups (broad SMARTS) is 2. The largest absolute Gasteiger partial charge is 0.478 e. The maximum Gasteiger partial charge on any atom is 0.328 e. The fraction of sp³-hybridized carbons (Fsp3) is 0.125. The predicted molar refractivity (Wildman–Crippen MR) is 83.5 cm³/mol. The number of nitrogens with two attached hydrogens (primary N) is 1. The van der Waals surface area contributed by atoms with E-state index < -0.39 is 11.9 Å². The van der Waals surface area contributed by atoms with Gasteiger partial charge in [-0.05, 0) is 5.56 Å². The molecule has 0 aliphatic rings. The molecule has 1 aromatic heterocycles. The molecule has 0 radical (unpaired) electrons. The molecule has 0 saturated heterocycles. The third kappa shape index (κ3) is 8.08. The van der Waals surface area contributed by atoms with Crippen molar-refractivity contribution in [3.05, 3.63) is 72.3 Å². The molecular weight excluding hydrogens is 298 g/mol. The summed E-state index contributed by atoms with van der Waals surface area (Å²) in [5, 5.41) is 15.6. The summed E-state index contributed by atoms with van der Waals surface area (Å²) in [5.41, 5.74) is 8.11. The van der Waals surface area contributed by atoms with Crippen LogP contribution in [0.2, 0.25) is 0 Å². The molecule has 1 heterocycles. The minimum Gasteiger partial charge on any atom is -0.478 e. The Morgan fingerprint density at radius 2 is 1.70 bits per heavy atom. The molecule has 1 unspecified atom stereocenters. The molecule has 7 heteroatoms. The monoisotopic (exact) mass is 315 g/mol. The Balaban J connectivity index is 0.000000284. The van der Waals surface area contributed by atoms with E-state index in [0.717, 1.165) is 17.7 Å². The van der Waals surface area contributed by atoms with Gasteiger partial charge in [-0.25, -0.2) is 9.59 Å². The molecule has 0 bridgehead atoms. The van der Waals surface area contributed by atoms with Gasteiger partial charge in [-0.15, -0.1) is 0 Å². The van der Waals surface area contributed by atoms with Crippen molar-refractivity contribution in [3.63, 3.8) is 0 Å². The molecule has 0 saturated carbocycles. The number of aliphatic carboxylic acids is 2. The lowest BCUT2D eigenvalue weighted by molar-refractivity contribution is -0.134. The highest BCUT2D eigenvalue weighted by Gasteiger charge is 2.06. The zero-order valence-corrected chi connectivity index (χ0v) is 12.2. The summed E-state index contributed by atoms with van der Waals surface area (Å²) < 4.78 is 0. The molecule has 120 valence electrons. The molecule has 0 aliphatic heterocycles. The Morgan fingerprint density at radius 1 is 1.09 bits per heavy atom. The first-order valence-corrected chi connectivity index (χ1v) is 6.68. The summed E-state index contributed by atoms with van der Waals surface area (Å²) >= 11 is 0. The third-order valence-electron chi connectivity index (χ3n) is 2.64. The second-order valence-corrected chi connectivity index (χ2v) is 4.43. The lowest BCUT2D eigenvalue weighted by Gasteiger charge is -2.10. The van der Waals surface area contributed by atoms with Gasteiger partial charge < -0.3 is 15.9 Å². The maximum atomic E-state index is 9.55. The van der Waals surface area contributed by atoms with Gasteiger partial charge in [0.05, 0.1) is 5.69 Å². The van der Waals surface area contributed by atoms with Crippen molar-refractivity contribution in [2.24, 2.45) is 5.73 Å². The molecular formula is C16H17N3O4. The van der Waals surface area contributed by atoms with Gasteiger partial charge in [0.15, 0.2) is 0 Å². The van der Waals surface area contributed by atoms with E-state index in [9.17, 15) is 9.59 Å². The van der Waals surface area contributed by atoms with Crippen molar-refractivity contribution in [1.82, 2.24) is 9.97 Å². The van der Waals surface area contributed by atoms with Gasteiger partial charge in [0, 0.05) is 43.2 Å². The molecule has 1 aromatic carbocycles. The molecule has 0 spiro atoms. The highest BCUT2D eigenvalue weighted by Crippen LogP contribution is 2.13. The number of nitrogens with zero attached hydrogens (tertiary/aromatic N) is 2. The van der Waals surface area contributed by atoms with Crippen LogP contribution < -0.4 is 5.73 Å². The predicted octanol–water partition coefficient (Wildman–Crippen LogP) is 1.43. The van der Waals surface area contributed by atoms with Gasteiger partial charge in [0.25, 0.3) is 0 Å². The van der Waals surface area contributed by atoms with E-state index in [2.05, 4.69) is 9.97 Å². The Labute approximate surface area is 133 Å². The van der Waals surface area contributed by atoms with Crippen LogP contribution in [0, 0.1) is 0 Å². The summed E-state index contributed by atoms with van der Waals surface area (Å²) in [6.07, 6.45) is 6.94. The second-order valence-electron chi connectivity index (χ2n) is 4.43. The number of hydrogen-bond acceptors (Lipinski definition) is 5. The van der Waals surface area contributed by atoms with Crippen LogP contribution in [0.3, 0.4) is 0 Å². The van der Waals surface area contributed by atoms with E-state index >= 15 is 0 Å². The minimum absolute atomic E-state index is 0.0112. The van der Waals surface area contributed by atoms with Crippen molar-refractivity contribution in [3.8, 4) is 0 Å². The van der Waals surface area contributed by atoms with E-state index in [1.54, 1.807) is 18.6 Å². The first-order chi connectivity index (χ1) is 11.0. The van der Waals surface area contributed by atoms with E-state index in [0.29, 0.717) is 12.2 Å². The number of benzene rings is 1. The lowest BCUT2D eigenvalue weighted by Crippen LogP contribution is -2.13.